The fraction of sp³-hybridized carbons (Fsp3) is 0.250. The number of hydrogen-bond donors (Lipinski definition) is 2. The van der Waals surface area contributed by atoms with Crippen LogP contribution in [-0.4, -0.2) is 35.9 Å². The first-order valence-electron chi connectivity index (χ1n) is 11.8. The van der Waals surface area contributed by atoms with Gasteiger partial charge in [0.25, 0.3) is 5.56 Å². The number of hydrogen-bond acceptors (Lipinski definition) is 4. The highest BCUT2D eigenvalue weighted by atomic mass is 19.1. The van der Waals surface area contributed by atoms with Gasteiger partial charge in [0.15, 0.2) is 0 Å². The van der Waals surface area contributed by atoms with Crippen molar-refractivity contribution in [1.82, 2.24) is 9.88 Å². The van der Waals surface area contributed by atoms with E-state index in [0.717, 1.165) is 29.9 Å². The number of pyridine rings is 1. The Morgan fingerprint density at radius 3 is 2.46 bits per heavy atom. The predicted octanol–water partition coefficient (Wildman–Crippen LogP) is 4.92. The largest absolute Gasteiger partial charge is 0.507 e. The second-order valence-corrected chi connectivity index (χ2v) is 8.86. The molecule has 2 N–H and O–H groups in total. The summed E-state index contributed by atoms with van der Waals surface area (Å²) in [4.78, 5) is 15.8. The van der Waals surface area contributed by atoms with E-state index in [0.29, 0.717) is 36.1 Å². The zero-order valence-electron chi connectivity index (χ0n) is 19.7. The van der Waals surface area contributed by atoms with Gasteiger partial charge in [-0.1, -0.05) is 31.2 Å². The number of rotatable bonds is 4. The molecular weight excluding hydrogens is 448 g/mol. The van der Waals surface area contributed by atoms with Gasteiger partial charge in [-0.05, 0) is 48.7 Å². The van der Waals surface area contributed by atoms with E-state index in [1.807, 2.05) is 32.0 Å². The molecule has 0 unspecified atom stereocenters. The van der Waals surface area contributed by atoms with E-state index in [-0.39, 0.29) is 22.4 Å². The Balaban J connectivity index is 1.90. The van der Waals surface area contributed by atoms with Gasteiger partial charge in [0.1, 0.15) is 17.4 Å². The Kier molecular flexibility index (Phi) is 6.03. The molecule has 5 rings (SSSR count). The number of aryl methyl sites for hydroxylation is 2. The molecule has 35 heavy (non-hydrogen) atoms. The smallest absolute Gasteiger partial charge is 0.257 e. The van der Waals surface area contributed by atoms with Gasteiger partial charge in [-0.2, -0.15) is 0 Å². The quantitative estimate of drug-likeness (QED) is 0.440. The molecule has 0 saturated carbocycles. The summed E-state index contributed by atoms with van der Waals surface area (Å²) >= 11 is 0. The van der Waals surface area contributed by atoms with E-state index >= 15 is 4.39 Å². The number of para-hydroxylation sites is 1. The molecule has 7 heteroatoms. The van der Waals surface area contributed by atoms with Crippen LogP contribution in [0.15, 0.2) is 59.4 Å². The SMILES string of the molecule is CCc1cccc(C)c1-n1c(=O)cc(N2CCNCC2)c2cc(F)c(-c3c(O)cccc3F)cc21. The van der Waals surface area contributed by atoms with Crippen LogP contribution in [0.25, 0.3) is 27.7 Å². The molecule has 1 fully saturated rings. The maximum absolute atomic E-state index is 15.6. The van der Waals surface area contributed by atoms with Crippen LogP contribution in [0.3, 0.4) is 0 Å². The molecule has 0 atom stereocenters. The number of nitrogens with zero attached hydrogens (tertiary/aromatic N) is 2. The molecule has 2 heterocycles. The standard InChI is InChI=1S/C28H27F2N3O2/c1-3-18-7-4-6-17(2)28(18)33-24-15-19(27-21(29)8-5-9-25(27)34)22(30)14-20(24)23(16-26(33)35)32-12-10-31-11-13-32/h4-9,14-16,31,34H,3,10-13H2,1-2H3. The lowest BCUT2D eigenvalue weighted by Gasteiger charge is -2.31. The third-order valence-electron chi connectivity index (χ3n) is 6.73. The molecular formula is C28H27F2N3O2. The first-order valence-corrected chi connectivity index (χ1v) is 11.8. The van der Waals surface area contributed by atoms with E-state index in [9.17, 15) is 14.3 Å². The number of piperazine rings is 1. The molecule has 0 radical (unpaired) electrons. The normalized spacial score (nSPS) is 14.0. The maximum atomic E-state index is 15.6. The molecule has 1 aromatic heterocycles. The van der Waals surface area contributed by atoms with Crippen molar-refractivity contribution in [1.29, 1.82) is 0 Å². The molecule has 0 aliphatic carbocycles. The number of benzene rings is 3. The van der Waals surface area contributed by atoms with Crippen LogP contribution in [0.1, 0.15) is 18.1 Å². The third-order valence-corrected chi connectivity index (χ3v) is 6.73. The van der Waals surface area contributed by atoms with Gasteiger partial charge in [0, 0.05) is 43.2 Å². The van der Waals surface area contributed by atoms with E-state index in [1.165, 1.54) is 30.3 Å². The summed E-state index contributed by atoms with van der Waals surface area (Å²) in [6.45, 7) is 6.83. The highest BCUT2D eigenvalue weighted by Gasteiger charge is 2.23. The first kappa shape index (κ1) is 23.1. The van der Waals surface area contributed by atoms with Crippen molar-refractivity contribution in [3.8, 4) is 22.6 Å². The number of aromatic nitrogens is 1. The van der Waals surface area contributed by atoms with E-state index in [4.69, 9.17) is 0 Å². The van der Waals surface area contributed by atoms with Crippen LogP contribution in [0, 0.1) is 18.6 Å². The fourth-order valence-corrected chi connectivity index (χ4v) is 5.02. The van der Waals surface area contributed by atoms with Crippen molar-refractivity contribution in [3.63, 3.8) is 0 Å². The van der Waals surface area contributed by atoms with Crippen LogP contribution in [0.5, 0.6) is 5.75 Å². The van der Waals surface area contributed by atoms with Gasteiger partial charge in [0.05, 0.1) is 22.5 Å². The summed E-state index contributed by atoms with van der Waals surface area (Å²) in [7, 11) is 0. The highest BCUT2D eigenvalue weighted by molar-refractivity contribution is 5.96. The van der Waals surface area contributed by atoms with Crippen molar-refractivity contribution in [3.05, 3.63) is 87.7 Å². The maximum Gasteiger partial charge on any atom is 0.257 e. The van der Waals surface area contributed by atoms with Crippen molar-refractivity contribution in [2.75, 3.05) is 31.1 Å². The predicted molar refractivity (Wildman–Crippen MR) is 136 cm³/mol. The zero-order valence-corrected chi connectivity index (χ0v) is 19.7. The number of phenolic OH excluding ortho intramolecular Hbond substituents is 1. The average molecular weight is 476 g/mol. The average Bonchev–Trinajstić information content (AvgIpc) is 2.85. The number of anilines is 1. The van der Waals surface area contributed by atoms with Gasteiger partial charge in [-0.3, -0.25) is 9.36 Å². The molecule has 3 aromatic carbocycles. The van der Waals surface area contributed by atoms with Gasteiger partial charge in [-0.25, -0.2) is 8.78 Å². The van der Waals surface area contributed by atoms with E-state index in [2.05, 4.69) is 10.2 Å². The second-order valence-electron chi connectivity index (χ2n) is 8.86. The van der Waals surface area contributed by atoms with Crippen molar-refractivity contribution >= 4 is 16.6 Å². The number of fused-ring (bicyclic) bond motifs is 1. The number of halogens is 2. The molecule has 0 bridgehead atoms. The monoisotopic (exact) mass is 475 g/mol. The van der Waals surface area contributed by atoms with Crippen LogP contribution in [0.4, 0.5) is 14.5 Å². The van der Waals surface area contributed by atoms with Gasteiger partial charge < -0.3 is 15.3 Å². The number of phenols is 1. The molecule has 1 aliphatic rings. The summed E-state index contributed by atoms with van der Waals surface area (Å²) < 4.78 is 31.9. The third kappa shape index (κ3) is 3.96. The minimum atomic E-state index is -0.736. The number of aromatic hydroxyl groups is 1. The van der Waals surface area contributed by atoms with Gasteiger partial charge >= 0.3 is 0 Å². The molecule has 0 amide bonds. The fourth-order valence-electron chi connectivity index (χ4n) is 5.02. The summed E-state index contributed by atoms with van der Waals surface area (Å²) in [6.07, 6.45) is 0.701. The molecule has 1 saturated heterocycles. The topological polar surface area (TPSA) is 57.5 Å². The van der Waals surface area contributed by atoms with Crippen molar-refractivity contribution in [2.24, 2.45) is 0 Å². The number of nitrogens with one attached hydrogen (secondary N) is 1. The first-order chi connectivity index (χ1) is 16.9. The van der Waals surface area contributed by atoms with Gasteiger partial charge in [-0.15, -0.1) is 0 Å². The Morgan fingerprint density at radius 2 is 1.74 bits per heavy atom. The Hall–Kier alpha value is -3.71. The molecule has 1 aliphatic heterocycles. The van der Waals surface area contributed by atoms with Gasteiger partial charge in [0.2, 0.25) is 0 Å². The Morgan fingerprint density at radius 1 is 1.00 bits per heavy atom. The molecule has 0 spiro atoms. The van der Waals surface area contributed by atoms with Crippen molar-refractivity contribution in [2.45, 2.75) is 20.3 Å². The van der Waals surface area contributed by atoms with Crippen LogP contribution in [-0.2, 0) is 6.42 Å². The Bertz CT molecular complexity index is 1470. The molecule has 180 valence electrons. The van der Waals surface area contributed by atoms with Crippen molar-refractivity contribution < 1.29 is 13.9 Å². The van der Waals surface area contributed by atoms with E-state index < -0.39 is 11.6 Å². The Labute approximate surface area is 202 Å². The van der Waals surface area contributed by atoms with Crippen LogP contribution >= 0.6 is 0 Å². The second kappa shape index (κ2) is 9.15. The lowest BCUT2D eigenvalue weighted by atomic mass is 9.99. The molecule has 4 aromatic rings. The summed E-state index contributed by atoms with van der Waals surface area (Å²) in [5.74, 6) is -1.76. The van der Waals surface area contributed by atoms with Crippen LogP contribution < -0.4 is 15.8 Å². The summed E-state index contributed by atoms with van der Waals surface area (Å²) in [6, 6.07) is 14.1. The zero-order chi connectivity index (χ0) is 24.7. The summed E-state index contributed by atoms with van der Waals surface area (Å²) in [5, 5.41) is 14.2. The highest BCUT2D eigenvalue weighted by Crippen LogP contribution is 2.38. The minimum Gasteiger partial charge on any atom is -0.507 e. The molecule has 5 nitrogen and oxygen atoms in total. The van der Waals surface area contributed by atoms with E-state index in [1.54, 1.807) is 10.6 Å². The van der Waals surface area contributed by atoms with Crippen LogP contribution in [0.2, 0.25) is 0 Å². The lowest BCUT2D eigenvalue weighted by molar-refractivity contribution is 0.471. The lowest BCUT2D eigenvalue weighted by Crippen LogP contribution is -2.44. The summed E-state index contributed by atoms with van der Waals surface area (Å²) in [5.41, 5.74) is 3.18. The minimum absolute atomic E-state index is 0.0923.